The number of nitrogens with zero attached hydrogens (tertiary/aromatic N) is 1. The minimum Gasteiger partial charge on any atom is -0.250 e. The topological polar surface area (TPSA) is 3.24 Å². The second-order valence-corrected chi connectivity index (χ2v) is 3.96. The van der Waals surface area contributed by atoms with Crippen molar-refractivity contribution in [2.24, 2.45) is 5.92 Å². The van der Waals surface area contributed by atoms with Gasteiger partial charge in [-0.1, -0.05) is 11.9 Å². The van der Waals surface area contributed by atoms with Gasteiger partial charge in [-0.3, -0.25) is 4.31 Å². The van der Waals surface area contributed by atoms with E-state index < -0.39 is 0 Å². The van der Waals surface area contributed by atoms with E-state index in [0.29, 0.717) is 0 Å². The Bertz CT molecular complexity index is 85.1. The lowest BCUT2D eigenvalue weighted by molar-refractivity contribution is 0.274. The van der Waals surface area contributed by atoms with Crippen molar-refractivity contribution >= 4 is 11.9 Å². The highest BCUT2D eigenvalue weighted by Crippen LogP contribution is 2.33. The van der Waals surface area contributed by atoms with Crippen molar-refractivity contribution in [1.82, 2.24) is 4.31 Å². The van der Waals surface area contributed by atoms with E-state index in [1.54, 1.807) is 0 Å². The van der Waals surface area contributed by atoms with Crippen LogP contribution in [0.25, 0.3) is 0 Å². The molecule has 1 nitrogen and oxygen atoms in total. The van der Waals surface area contributed by atoms with E-state index in [1.165, 1.54) is 32.4 Å². The van der Waals surface area contributed by atoms with Crippen LogP contribution in [0.15, 0.2) is 0 Å². The van der Waals surface area contributed by atoms with E-state index in [2.05, 4.69) is 10.1 Å². The second-order valence-electron chi connectivity index (χ2n) is 2.90. The maximum absolute atomic E-state index is 2.48. The summed E-state index contributed by atoms with van der Waals surface area (Å²) in [4.78, 5) is 0. The molecule has 0 aromatic rings. The van der Waals surface area contributed by atoms with Crippen LogP contribution in [0.1, 0.15) is 19.3 Å². The third kappa shape index (κ3) is 1.24. The van der Waals surface area contributed by atoms with E-state index >= 15 is 0 Å². The molecular formula is C7H12NS. The van der Waals surface area contributed by atoms with Crippen molar-refractivity contribution < 1.29 is 0 Å². The Morgan fingerprint density at radius 1 is 1.56 bits per heavy atom. The fraction of sp³-hybridized carbons (Fsp3) is 0.857. The van der Waals surface area contributed by atoms with Gasteiger partial charge in [0.1, 0.15) is 0 Å². The molecule has 2 aliphatic heterocycles. The van der Waals surface area contributed by atoms with Crippen LogP contribution in [0.2, 0.25) is 0 Å². The van der Waals surface area contributed by atoms with Gasteiger partial charge >= 0.3 is 0 Å². The number of fused-ring (bicyclic) bond motifs is 2. The van der Waals surface area contributed by atoms with Crippen LogP contribution in [0.3, 0.4) is 0 Å². The van der Waals surface area contributed by atoms with E-state index in [1.807, 2.05) is 11.9 Å². The molecule has 1 radical (unpaired) electrons. The molecule has 2 rings (SSSR count). The van der Waals surface area contributed by atoms with E-state index in [4.69, 9.17) is 0 Å². The average molecular weight is 142 g/mol. The van der Waals surface area contributed by atoms with E-state index in [9.17, 15) is 0 Å². The standard InChI is InChI=1S/C7H12NS/c1-2-7-3-5-9-8(4-1)6-7/h5,7H,1-4,6H2. The fourth-order valence-corrected chi connectivity index (χ4v) is 2.70. The monoisotopic (exact) mass is 142 g/mol. The maximum atomic E-state index is 2.48. The second kappa shape index (κ2) is 2.51. The highest BCUT2D eigenvalue weighted by Gasteiger charge is 2.24. The van der Waals surface area contributed by atoms with Crippen LogP contribution in [0.5, 0.6) is 0 Å². The molecule has 0 spiro atoms. The first-order chi connectivity index (χ1) is 4.45. The molecule has 0 saturated carbocycles. The van der Waals surface area contributed by atoms with Crippen LogP contribution >= 0.6 is 11.9 Å². The molecule has 0 amide bonds. The Balaban J connectivity index is 1.96. The lowest BCUT2D eigenvalue weighted by Gasteiger charge is -2.35. The first-order valence-corrected chi connectivity index (χ1v) is 4.52. The quantitative estimate of drug-likeness (QED) is 0.475. The molecule has 9 heavy (non-hydrogen) atoms. The van der Waals surface area contributed by atoms with Crippen LogP contribution in [-0.2, 0) is 0 Å². The molecule has 2 heteroatoms. The van der Waals surface area contributed by atoms with Crippen molar-refractivity contribution in [3.05, 3.63) is 5.75 Å². The summed E-state index contributed by atoms with van der Waals surface area (Å²) >= 11 is 1.93. The van der Waals surface area contributed by atoms with Crippen LogP contribution in [0, 0.1) is 11.7 Å². The molecule has 2 aliphatic rings. The van der Waals surface area contributed by atoms with Gasteiger partial charge in [0, 0.05) is 18.8 Å². The van der Waals surface area contributed by atoms with Gasteiger partial charge in [0.25, 0.3) is 0 Å². The molecule has 2 bridgehead atoms. The van der Waals surface area contributed by atoms with E-state index in [-0.39, 0.29) is 0 Å². The number of rotatable bonds is 0. The first kappa shape index (κ1) is 6.05. The van der Waals surface area contributed by atoms with Gasteiger partial charge in [-0.05, 0) is 25.2 Å². The fourth-order valence-electron chi connectivity index (χ4n) is 1.60. The first-order valence-electron chi connectivity index (χ1n) is 3.68. The average Bonchev–Trinajstić information content (AvgIpc) is 1.88. The van der Waals surface area contributed by atoms with Gasteiger partial charge in [-0.15, -0.1) is 0 Å². The van der Waals surface area contributed by atoms with Crippen molar-refractivity contribution in [1.29, 1.82) is 0 Å². The van der Waals surface area contributed by atoms with Gasteiger partial charge in [-0.2, -0.15) is 0 Å². The van der Waals surface area contributed by atoms with Crippen molar-refractivity contribution in [2.45, 2.75) is 19.3 Å². The predicted molar refractivity (Wildman–Crippen MR) is 40.8 cm³/mol. The van der Waals surface area contributed by atoms with Crippen molar-refractivity contribution in [3.63, 3.8) is 0 Å². The molecule has 0 aromatic carbocycles. The lowest BCUT2D eigenvalue weighted by atomic mass is 9.97. The van der Waals surface area contributed by atoms with Crippen LogP contribution in [0.4, 0.5) is 0 Å². The summed E-state index contributed by atoms with van der Waals surface area (Å²) in [6.45, 7) is 2.67. The summed E-state index contributed by atoms with van der Waals surface area (Å²) in [7, 11) is 0. The Kier molecular flexibility index (Phi) is 1.68. The predicted octanol–water partition coefficient (Wildman–Crippen LogP) is 1.91. The van der Waals surface area contributed by atoms with Crippen LogP contribution < -0.4 is 0 Å². The highest BCUT2D eigenvalue weighted by molar-refractivity contribution is 7.99. The zero-order valence-corrected chi connectivity index (χ0v) is 6.36. The van der Waals surface area contributed by atoms with E-state index in [0.717, 1.165) is 5.92 Å². The lowest BCUT2D eigenvalue weighted by Crippen LogP contribution is -2.33. The molecule has 2 unspecified atom stereocenters. The Hall–Kier alpha value is 0.310. The molecule has 0 N–H and O–H groups in total. The van der Waals surface area contributed by atoms with Gasteiger partial charge in [0.2, 0.25) is 0 Å². The van der Waals surface area contributed by atoms with Gasteiger partial charge < -0.3 is 0 Å². The summed E-state index contributed by atoms with van der Waals surface area (Å²) in [6.07, 6.45) is 4.24. The largest absolute Gasteiger partial charge is 0.250 e. The molecule has 0 aliphatic carbocycles. The summed E-state index contributed by atoms with van der Waals surface area (Å²) in [5, 5.41) is 0. The minimum absolute atomic E-state index is 1.000. The molecular weight excluding hydrogens is 130 g/mol. The normalized spacial score (nSPS) is 42.7. The minimum atomic E-state index is 1.000. The third-order valence-electron chi connectivity index (χ3n) is 2.13. The Labute approximate surface area is 60.9 Å². The summed E-state index contributed by atoms with van der Waals surface area (Å²) in [5.74, 6) is 3.35. The van der Waals surface area contributed by atoms with Crippen LogP contribution in [-0.4, -0.2) is 17.4 Å². The summed E-state index contributed by atoms with van der Waals surface area (Å²) in [6, 6.07) is 0. The molecule has 2 saturated heterocycles. The smallest absolute Gasteiger partial charge is 0.0329 e. The zero-order chi connectivity index (χ0) is 6.10. The molecule has 0 aromatic heterocycles. The Morgan fingerprint density at radius 3 is 3.33 bits per heavy atom. The summed E-state index contributed by atoms with van der Waals surface area (Å²) in [5.41, 5.74) is 0. The molecule has 51 valence electrons. The van der Waals surface area contributed by atoms with Gasteiger partial charge in [0.05, 0.1) is 0 Å². The highest BCUT2D eigenvalue weighted by atomic mass is 32.2. The Morgan fingerprint density at radius 2 is 2.56 bits per heavy atom. The van der Waals surface area contributed by atoms with Crippen molar-refractivity contribution in [3.8, 4) is 0 Å². The molecule has 2 heterocycles. The molecule has 2 atom stereocenters. The van der Waals surface area contributed by atoms with Crippen molar-refractivity contribution in [2.75, 3.05) is 13.1 Å². The van der Waals surface area contributed by atoms with Gasteiger partial charge in [-0.25, -0.2) is 0 Å². The number of piperidine rings is 1. The maximum Gasteiger partial charge on any atom is 0.0329 e. The summed E-state index contributed by atoms with van der Waals surface area (Å²) < 4.78 is 2.48. The number of hydrogen-bond donors (Lipinski definition) is 0. The number of hydrogen-bond acceptors (Lipinski definition) is 2. The SMILES string of the molecule is [CH]1CC2CCCN(C2)S1. The van der Waals surface area contributed by atoms with Gasteiger partial charge in [0.15, 0.2) is 0 Å². The zero-order valence-electron chi connectivity index (χ0n) is 5.55. The molecule has 2 fully saturated rings. The third-order valence-corrected chi connectivity index (χ3v) is 3.11.